The van der Waals surface area contributed by atoms with Gasteiger partial charge in [-0.25, -0.2) is 0 Å². The molecule has 1 saturated carbocycles. The highest BCUT2D eigenvalue weighted by Crippen LogP contribution is 2.39. The molecule has 110 valence electrons. The zero-order valence-electron chi connectivity index (χ0n) is 11.6. The van der Waals surface area contributed by atoms with Crippen LogP contribution < -0.4 is 5.73 Å². The van der Waals surface area contributed by atoms with Crippen LogP contribution in [0.15, 0.2) is 18.2 Å². The van der Waals surface area contributed by atoms with Crippen LogP contribution in [0.1, 0.15) is 44.1 Å². The smallest absolute Gasteiger partial charge is 0.272 e. The van der Waals surface area contributed by atoms with Gasteiger partial charge in [0.2, 0.25) is 0 Å². The number of nitro groups is 1. The fourth-order valence-electron chi connectivity index (χ4n) is 3.21. The van der Waals surface area contributed by atoms with Gasteiger partial charge in [0.1, 0.15) is 0 Å². The molecular weight excluding hydrogens is 276 g/mol. The van der Waals surface area contributed by atoms with Crippen LogP contribution in [0.3, 0.4) is 0 Å². The molecule has 2 N–H and O–H groups in total. The molecule has 0 atom stereocenters. The van der Waals surface area contributed by atoms with Crippen molar-refractivity contribution in [2.24, 2.45) is 11.1 Å². The first kappa shape index (κ1) is 15.3. The van der Waals surface area contributed by atoms with Crippen LogP contribution in [0.25, 0.3) is 0 Å². The van der Waals surface area contributed by atoms with Crippen LogP contribution in [0.4, 0.5) is 5.69 Å². The zero-order chi connectivity index (χ0) is 14.6. The Hall–Kier alpha value is -1.13. The third-order valence-corrected chi connectivity index (χ3v) is 4.64. The minimum atomic E-state index is -0.327. The molecule has 0 bridgehead atoms. The first-order chi connectivity index (χ1) is 9.56. The molecule has 1 fully saturated rings. The standard InChI is InChI=1S/C15H21ClN2O2/c16-13-5-6-14(18(19)20)12(9-13)10-15(11-17)7-3-1-2-4-8-15/h5-6,9H,1-4,7-8,10-11,17H2. The molecule has 1 aromatic carbocycles. The van der Waals surface area contributed by atoms with Gasteiger partial charge in [-0.05, 0) is 43.4 Å². The lowest BCUT2D eigenvalue weighted by Gasteiger charge is -2.31. The molecule has 1 aliphatic rings. The maximum atomic E-state index is 11.2. The fraction of sp³-hybridized carbons (Fsp3) is 0.600. The Morgan fingerprint density at radius 3 is 2.45 bits per heavy atom. The first-order valence-corrected chi connectivity index (χ1v) is 7.57. The van der Waals surface area contributed by atoms with Crippen LogP contribution in [0, 0.1) is 15.5 Å². The van der Waals surface area contributed by atoms with E-state index < -0.39 is 0 Å². The molecule has 2 rings (SSSR count). The van der Waals surface area contributed by atoms with Gasteiger partial charge in [-0.1, -0.05) is 37.3 Å². The Balaban J connectivity index is 2.30. The van der Waals surface area contributed by atoms with E-state index in [4.69, 9.17) is 17.3 Å². The zero-order valence-corrected chi connectivity index (χ0v) is 12.4. The molecule has 0 aromatic heterocycles. The van der Waals surface area contributed by atoms with E-state index in [1.165, 1.54) is 18.9 Å². The average molecular weight is 297 g/mol. The Kier molecular flexibility index (Phi) is 5.00. The third kappa shape index (κ3) is 3.49. The van der Waals surface area contributed by atoms with Gasteiger partial charge in [-0.3, -0.25) is 10.1 Å². The number of benzene rings is 1. The number of rotatable bonds is 4. The molecular formula is C15H21ClN2O2. The van der Waals surface area contributed by atoms with Gasteiger partial charge in [-0.2, -0.15) is 0 Å². The van der Waals surface area contributed by atoms with E-state index in [1.54, 1.807) is 12.1 Å². The maximum Gasteiger partial charge on any atom is 0.272 e. The number of nitrogens with zero attached hydrogens (tertiary/aromatic N) is 1. The average Bonchev–Trinajstić information content (AvgIpc) is 2.64. The fourth-order valence-corrected chi connectivity index (χ4v) is 3.40. The lowest BCUT2D eigenvalue weighted by molar-refractivity contribution is -0.385. The van der Waals surface area contributed by atoms with Gasteiger partial charge < -0.3 is 5.73 Å². The summed E-state index contributed by atoms with van der Waals surface area (Å²) in [4.78, 5) is 10.8. The van der Waals surface area contributed by atoms with Crippen molar-refractivity contribution in [2.75, 3.05) is 6.54 Å². The van der Waals surface area contributed by atoms with Crippen LogP contribution >= 0.6 is 11.6 Å². The molecule has 0 aliphatic heterocycles. The van der Waals surface area contributed by atoms with Gasteiger partial charge in [-0.15, -0.1) is 0 Å². The van der Waals surface area contributed by atoms with Crippen molar-refractivity contribution in [3.8, 4) is 0 Å². The van der Waals surface area contributed by atoms with Gasteiger partial charge in [0, 0.05) is 16.7 Å². The lowest BCUT2D eigenvalue weighted by atomic mass is 9.75. The summed E-state index contributed by atoms with van der Waals surface area (Å²) < 4.78 is 0. The predicted molar refractivity (Wildman–Crippen MR) is 81.0 cm³/mol. The summed E-state index contributed by atoms with van der Waals surface area (Å²) in [6.45, 7) is 0.580. The summed E-state index contributed by atoms with van der Waals surface area (Å²) in [6, 6.07) is 4.80. The van der Waals surface area contributed by atoms with E-state index in [2.05, 4.69) is 0 Å². The van der Waals surface area contributed by atoms with E-state index in [-0.39, 0.29) is 16.0 Å². The Labute approximate surface area is 124 Å². The second-order valence-corrected chi connectivity index (χ2v) is 6.26. The molecule has 0 heterocycles. The summed E-state index contributed by atoms with van der Waals surface area (Å²) in [5.74, 6) is 0. The van der Waals surface area contributed by atoms with E-state index >= 15 is 0 Å². The van der Waals surface area contributed by atoms with Crippen molar-refractivity contribution in [3.05, 3.63) is 38.9 Å². The summed E-state index contributed by atoms with van der Waals surface area (Å²) in [5, 5.41) is 11.7. The van der Waals surface area contributed by atoms with Crippen molar-refractivity contribution in [1.29, 1.82) is 0 Å². The second kappa shape index (κ2) is 6.55. The van der Waals surface area contributed by atoms with Crippen molar-refractivity contribution in [2.45, 2.75) is 44.9 Å². The number of hydrogen-bond donors (Lipinski definition) is 1. The highest BCUT2D eigenvalue weighted by atomic mass is 35.5. The molecule has 1 aromatic rings. The Bertz CT molecular complexity index is 483. The van der Waals surface area contributed by atoms with Gasteiger partial charge >= 0.3 is 0 Å². The highest BCUT2D eigenvalue weighted by Gasteiger charge is 2.32. The lowest BCUT2D eigenvalue weighted by Crippen LogP contribution is -2.32. The molecule has 0 radical (unpaired) electrons. The minimum Gasteiger partial charge on any atom is -0.330 e. The molecule has 20 heavy (non-hydrogen) atoms. The summed E-state index contributed by atoms with van der Waals surface area (Å²) >= 11 is 6.01. The minimum absolute atomic E-state index is 0.00799. The number of nitro benzene ring substituents is 1. The Morgan fingerprint density at radius 2 is 1.90 bits per heavy atom. The molecule has 5 heteroatoms. The first-order valence-electron chi connectivity index (χ1n) is 7.19. The largest absolute Gasteiger partial charge is 0.330 e. The number of hydrogen-bond acceptors (Lipinski definition) is 3. The van der Waals surface area contributed by atoms with Gasteiger partial charge in [0.15, 0.2) is 0 Å². The molecule has 4 nitrogen and oxygen atoms in total. The van der Waals surface area contributed by atoms with Crippen molar-refractivity contribution in [3.63, 3.8) is 0 Å². The van der Waals surface area contributed by atoms with E-state index in [1.807, 2.05) is 0 Å². The number of nitrogens with two attached hydrogens (primary N) is 1. The maximum absolute atomic E-state index is 11.2. The van der Waals surface area contributed by atoms with Crippen molar-refractivity contribution in [1.82, 2.24) is 0 Å². The van der Waals surface area contributed by atoms with Crippen molar-refractivity contribution >= 4 is 17.3 Å². The number of halogens is 1. The molecule has 0 amide bonds. The molecule has 0 spiro atoms. The second-order valence-electron chi connectivity index (χ2n) is 5.83. The SMILES string of the molecule is NCC1(Cc2cc(Cl)ccc2[N+](=O)[O-])CCCCCC1. The molecule has 0 unspecified atom stereocenters. The third-order valence-electron chi connectivity index (χ3n) is 4.40. The van der Waals surface area contributed by atoms with Gasteiger partial charge in [0.05, 0.1) is 4.92 Å². The van der Waals surface area contributed by atoms with Crippen molar-refractivity contribution < 1.29 is 4.92 Å². The normalized spacial score (nSPS) is 18.5. The predicted octanol–water partition coefficient (Wildman–Crippen LogP) is 4.09. The van der Waals surface area contributed by atoms with E-state index in [0.29, 0.717) is 18.0 Å². The highest BCUT2D eigenvalue weighted by molar-refractivity contribution is 6.30. The van der Waals surface area contributed by atoms with Crippen LogP contribution in [-0.4, -0.2) is 11.5 Å². The van der Waals surface area contributed by atoms with Crippen LogP contribution in [-0.2, 0) is 6.42 Å². The molecule has 0 saturated heterocycles. The topological polar surface area (TPSA) is 69.2 Å². The summed E-state index contributed by atoms with van der Waals surface area (Å²) in [6.07, 6.45) is 7.54. The summed E-state index contributed by atoms with van der Waals surface area (Å²) in [5.41, 5.74) is 6.89. The van der Waals surface area contributed by atoms with E-state index in [0.717, 1.165) is 31.2 Å². The van der Waals surface area contributed by atoms with Gasteiger partial charge in [0.25, 0.3) is 5.69 Å². The van der Waals surface area contributed by atoms with Crippen LogP contribution in [0.5, 0.6) is 0 Å². The monoisotopic (exact) mass is 296 g/mol. The van der Waals surface area contributed by atoms with Crippen LogP contribution in [0.2, 0.25) is 5.02 Å². The molecule has 1 aliphatic carbocycles. The Morgan fingerprint density at radius 1 is 1.25 bits per heavy atom. The quantitative estimate of drug-likeness (QED) is 0.517. The van der Waals surface area contributed by atoms with E-state index in [9.17, 15) is 10.1 Å². The summed E-state index contributed by atoms with van der Waals surface area (Å²) in [7, 11) is 0.